The van der Waals surface area contributed by atoms with Crippen LogP contribution in [0.4, 0.5) is 4.39 Å². The Hall–Kier alpha value is -0.930. The van der Waals surface area contributed by atoms with Gasteiger partial charge in [0, 0.05) is 31.2 Å². The van der Waals surface area contributed by atoms with Gasteiger partial charge in [0.15, 0.2) is 0 Å². The Balaban J connectivity index is 2.16. The number of piperazine rings is 1. The van der Waals surface area contributed by atoms with Gasteiger partial charge in [0.2, 0.25) is 0 Å². The molecule has 2 nitrogen and oxygen atoms in total. The summed E-state index contributed by atoms with van der Waals surface area (Å²) in [5.74, 6) is 0.480. The van der Waals surface area contributed by atoms with Gasteiger partial charge < -0.3 is 5.32 Å². The van der Waals surface area contributed by atoms with Gasteiger partial charge in [-0.3, -0.25) is 4.90 Å². The standard InChI is InChI=1S/C17H27FN2/c1-12(2)16-10-20(17(4,5)11-19-16)9-14-6-7-15(18)8-13(14)3/h6-8,12,16,19H,9-11H2,1-5H3. The molecular formula is C17H27FN2. The lowest BCUT2D eigenvalue weighted by molar-refractivity contribution is 0.0473. The monoisotopic (exact) mass is 278 g/mol. The maximum absolute atomic E-state index is 13.2. The molecule has 0 bridgehead atoms. The van der Waals surface area contributed by atoms with Crippen LogP contribution in [0.15, 0.2) is 18.2 Å². The van der Waals surface area contributed by atoms with Gasteiger partial charge in [-0.25, -0.2) is 4.39 Å². The van der Waals surface area contributed by atoms with Crippen LogP contribution in [0.25, 0.3) is 0 Å². The van der Waals surface area contributed by atoms with Crippen molar-refractivity contribution in [3.05, 3.63) is 35.1 Å². The molecule has 1 aliphatic rings. The number of rotatable bonds is 3. The molecule has 1 aliphatic heterocycles. The molecule has 1 saturated heterocycles. The largest absolute Gasteiger partial charge is 0.311 e. The maximum Gasteiger partial charge on any atom is 0.123 e. The van der Waals surface area contributed by atoms with Crippen LogP contribution in [-0.4, -0.2) is 29.6 Å². The van der Waals surface area contributed by atoms with Crippen LogP contribution in [0.2, 0.25) is 0 Å². The zero-order valence-electron chi connectivity index (χ0n) is 13.3. The summed E-state index contributed by atoms with van der Waals surface area (Å²) in [4.78, 5) is 2.52. The Morgan fingerprint density at radius 1 is 1.40 bits per heavy atom. The molecule has 1 atom stereocenters. The van der Waals surface area contributed by atoms with Crippen molar-refractivity contribution in [2.45, 2.75) is 52.7 Å². The molecule has 3 heteroatoms. The van der Waals surface area contributed by atoms with Crippen molar-refractivity contribution in [3.63, 3.8) is 0 Å². The molecule has 1 aromatic rings. The van der Waals surface area contributed by atoms with Crippen molar-refractivity contribution in [1.82, 2.24) is 10.2 Å². The van der Waals surface area contributed by atoms with Crippen molar-refractivity contribution in [2.75, 3.05) is 13.1 Å². The average molecular weight is 278 g/mol. The quantitative estimate of drug-likeness (QED) is 0.912. The van der Waals surface area contributed by atoms with Gasteiger partial charge in [-0.2, -0.15) is 0 Å². The van der Waals surface area contributed by atoms with Crippen molar-refractivity contribution in [2.24, 2.45) is 5.92 Å². The van der Waals surface area contributed by atoms with Crippen molar-refractivity contribution in [3.8, 4) is 0 Å². The summed E-state index contributed by atoms with van der Waals surface area (Å²) in [6.45, 7) is 14.0. The van der Waals surface area contributed by atoms with Crippen LogP contribution < -0.4 is 5.32 Å². The lowest BCUT2D eigenvalue weighted by atomic mass is 9.92. The number of hydrogen-bond acceptors (Lipinski definition) is 2. The number of halogens is 1. The molecule has 0 amide bonds. The van der Waals surface area contributed by atoms with Crippen molar-refractivity contribution in [1.29, 1.82) is 0 Å². The molecule has 1 unspecified atom stereocenters. The summed E-state index contributed by atoms with van der Waals surface area (Å²) in [6, 6.07) is 5.65. The fourth-order valence-corrected chi connectivity index (χ4v) is 2.81. The molecular weight excluding hydrogens is 251 g/mol. The Kier molecular flexibility index (Phi) is 4.50. The molecule has 0 spiro atoms. The third-order valence-corrected chi connectivity index (χ3v) is 4.54. The van der Waals surface area contributed by atoms with E-state index in [0.717, 1.165) is 25.2 Å². The Labute approximate surface area is 122 Å². The SMILES string of the molecule is Cc1cc(F)ccc1CN1CC(C(C)C)NCC1(C)C. The van der Waals surface area contributed by atoms with E-state index in [1.54, 1.807) is 12.1 Å². The molecule has 112 valence electrons. The molecule has 20 heavy (non-hydrogen) atoms. The average Bonchev–Trinajstić information content (AvgIpc) is 2.34. The lowest BCUT2D eigenvalue weighted by Crippen LogP contribution is -2.62. The van der Waals surface area contributed by atoms with Gasteiger partial charge in [-0.05, 0) is 49.9 Å². The number of nitrogens with one attached hydrogen (secondary N) is 1. The summed E-state index contributed by atoms with van der Waals surface area (Å²) in [5, 5.41) is 3.65. The highest BCUT2D eigenvalue weighted by Gasteiger charge is 2.34. The zero-order valence-corrected chi connectivity index (χ0v) is 13.3. The van der Waals surface area contributed by atoms with E-state index >= 15 is 0 Å². The highest BCUT2D eigenvalue weighted by Crippen LogP contribution is 2.24. The van der Waals surface area contributed by atoms with Gasteiger partial charge >= 0.3 is 0 Å². The lowest BCUT2D eigenvalue weighted by Gasteiger charge is -2.47. The fourth-order valence-electron chi connectivity index (χ4n) is 2.81. The second-order valence-electron chi connectivity index (χ2n) is 7.00. The summed E-state index contributed by atoms with van der Waals surface area (Å²) < 4.78 is 13.2. The predicted molar refractivity (Wildman–Crippen MR) is 82.3 cm³/mol. The van der Waals surface area contributed by atoms with E-state index in [4.69, 9.17) is 0 Å². The van der Waals surface area contributed by atoms with E-state index in [0.29, 0.717) is 12.0 Å². The first-order valence-electron chi connectivity index (χ1n) is 7.53. The van der Waals surface area contributed by atoms with E-state index in [1.165, 1.54) is 5.56 Å². The zero-order chi connectivity index (χ0) is 14.9. The third-order valence-electron chi connectivity index (χ3n) is 4.54. The van der Waals surface area contributed by atoms with Gasteiger partial charge in [0.05, 0.1) is 0 Å². The Bertz CT molecular complexity index is 468. The molecule has 1 aromatic carbocycles. The Morgan fingerprint density at radius 2 is 2.10 bits per heavy atom. The van der Waals surface area contributed by atoms with Crippen molar-refractivity contribution >= 4 is 0 Å². The number of aryl methyl sites for hydroxylation is 1. The first-order chi connectivity index (χ1) is 9.29. The van der Waals surface area contributed by atoms with Gasteiger partial charge in [0.1, 0.15) is 5.82 Å². The second-order valence-corrected chi connectivity index (χ2v) is 7.00. The molecule has 2 rings (SSSR count). The molecule has 0 saturated carbocycles. The molecule has 1 N–H and O–H groups in total. The highest BCUT2D eigenvalue weighted by atomic mass is 19.1. The van der Waals surface area contributed by atoms with Crippen molar-refractivity contribution < 1.29 is 4.39 Å². The van der Waals surface area contributed by atoms with Crippen LogP contribution in [0.5, 0.6) is 0 Å². The third kappa shape index (κ3) is 3.39. The van der Waals surface area contributed by atoms with E-state index in [1.807, 2.05) is 13.0 Å². The second kappa shape index (κ2) is 5.82. The van der Waals surface area contributed by atoms with Crippen LogP contribution >= 0.6 is 0 Å². The maximum atomic E-state index is 13.2. The summed E-state index contributed by atoms with van der Waals surface area (Å²) in [7, 11) is 0. The molecule has 0 radical (unpaired) electrons. The fraction of sp³-hybridized carbons (Fsp3) is 0.647. The van der Waals surface area contributed by atoms with Crippen LogP contribution in [0, 0.1) is 18.7 Å². The molecule has 0 aromatic heterocycles. The van der Waals surface area contributed by atoms with E-state index in [-0.39, 0.29) is 11.4 Å². The van der Waals surface area contributed by atoms with Crippen LogP contribution in [-0.2, 0) is 6.54 Å². The van der Waals surface area contributed by atoms with E-state index in [9.17, 15) is 4.39 Å². The number of nitrogens with zero attached hydrogens (tertiary/aromatic N) is 1. The molecule has 1 heterocycles. The number of hydrogen-bond donors (Lipinski definition) is 1. The summed E-state index contributed by atoms with van der Waals surface area (Å²) in [5.41, 5.74) is 2.40. The summed E-state index contributed by atoms with van der Waals surface area (Å²) in [6.07, 6.45) is 0. The molecule has 1 fully saturated rings. The normalized spacial score (nSPS) is 23.2. The number of benzene rings is 1. The van der Waals surface area contributed by atoms with E-state index in [2.05, 4.69) is 37.9 Å². The van der Waals surface area contributed by atoms with E-state index < -0.39 is 0 Å². The van der Waals surface area contributed by atoms with Crippen LogP contribution in [0.3, 0.4) is 0 Å². The smallest absolute Gasteiger partial charge is 0.123 e. The minimum absolute atomic E-state index is 0.131. The Morgan fingerprint density at radius 3 is 2.70 bits per heavy atom. The van der Waals surface area contributed by atoms with Crippen LogP contribution in [0.1, 0.15) is 38.8 Å². The first kappa shape index (κ1) is 15.5. The minimum Gasteiger partial charge on any atom is -0.311 e. The topological polar surface area (TPSA) is 15.3 Å². The van der Waals surface area contributed by atoms with Gasteiger partial charge in [-0.1, -0.05) is 19.9 Å². The minimum atomic E-state index is -0.147. The highest BCUT2D eigenvalue weighted by molar-refractivity contribution is 5.26. The molecule has 0 aliphatic carbocycles. The first-order valence-corrected chi connectivity index (χ1v) is 7.53. The summed E-state index contributed by atoms with van der Waals surface area (Å²) >= 11 is 0. The van der Waals surface area contributed by atoms with Gasteiger partial charge in [0.25, 0.3) is 0 Å². The predicted octanol–water partition coefficient (Wildman–Crippen LogP) is 3.34. The van der Waals surface area contributed by atoms with Gasteiger partial charge in [-0.15, -0.1) is 0 Å².